The van der Waals surface area contributed by atoms with Crippen LogP contribution in [-0.4, -0.2) is 54.3 Å². The van der Waals surface area contributed by atoms with Crippen LogP contribution in [0.3, 0.4) is 0 Å². The van der Waals surface area contributed by atoms with Crippen LogP contribution in [0.1, 0.15) is 31.4 Å². The second-order valence-corrected chi connectivity index (χ2v) is 8.36. The van der Waals surface area contributed by atoms with Gasteiger partial charge in [0.15, 0.2) is 11.7 Å². The number of carbonyl (C=O) groups is 1. The van der Waals surface area contributed by atoms with Gasteiger partial charge in [0.05, 0.1) is 24.0 Å². The van der Waals surface area contributed by atoms with Crippen LogP contribution in [0.2, 0.25) is 0 Å². The molecule has 2 aliphatic rings. The van der Waals surface area contributed by atoms with Crippen molar-refractivity contribution in [3.8, 4) is 11.3 Å². The first kappa shape index (κ1) is 22.3. The number of aromatic nitrogens is 1. The van der Waals surface area contributed by atoms with Gasteiger partial charge in [0.1, 0.15) is 12.0 Å². The lowest BCUT2D eigenvalue weighted by molar-refractivity contribution is -0.128. The Morgan fingerprint density at radius 1 is 1.38 bits per heavy atom. The highest BCUT2D eigenvalue weighted by Crippen LogP contribution is 2.29. The molecular weight excluding hydrogens is 413 g/mol. The van der Waals surface area contributed by atoms with Crippen LogP contribution in [0.4, 0.5) is 10.1 Å². The molecule has 1 aromatic heterocycles. The van der Waals surface area contributed by atoms with Gasteiger partial charge in [0.25, 0.3) is 0 Å². The number of benzene rings is 1. The Morgan fingerprint density at radius 3 is 2.81 bits per heavy atom. The monoisotopic (exact) mass is 443 g/mol. The quantitative estimate of drug-likeness (QED) is 0.590. The van der Waals surface area contributed by atoms with Gasteiger partial charge in [-0.1, -0.05) is 0 Å². The highest BCUT2D eigenvalue weighted by Gasteiger charge is 2.27. The summed E-state index contributed by atoms with van der Waals surface area (Å²) in [5.74, 6) is 0.639. The van der Waals surface area contributed by atoms with E-state index in [0.717, 1.165) is 24.3 Å². The van der Waals surface area contributed by atoms with Gasteiger partial charge >= 0.3 is 0 Å². The van der Waals surface area contributed by atoms with Crippen molar-refractivity contribution in [1.82, 2.24) is 15.2 Å². The highest BCUT2D eigenvalue weighted by molar-refractivity contribution is 5.74. The summed E-state index contributed by atoms with van der Waals surface area (Å²) >= 11 is 0. The second-order valence-electron chi connectivity index (χ2n) is 8.36. The summed E-state index contributed by atoms with van der Waals surface area (Å²) in [5, 5.41) is 6.61. The lowest BCUT2D eigenvalue weighted by atomic mass is 10.0. The Kier molecular flexibility index (Phi) is 6.48. The molecule has 2 aliphatic heterocycles. The number of hydrogen-bond donors (Lipinski definition) is 3. The Morgan fingerprint density at radius 2 is 2.19 bits per heavy atom. The minimum Gasteiger partial charge on any atom is -0.441 e. The maximum atomic E-state index is 14.9. The van der Waals surface area contributed by atoms with Gasteiger partial charge in [0, 0.05) is 56.8 Å². The molecule has 32 heavy (non-hydrogen) atoms. The average Bonchev–Trinajstić information content (AvgIpc) is 3.38. The minimum atomic E-state index is -0.656. The van der Waals surface area contributed by atoms with Gasteiger partial charge < -0.3 is 30.4 Å². The first-order valence-corrected chi connectivity index (χ1v) is 10.9. The average molecular weight is 444 g/mol. The Bertz CT molecular complexity index is 1030. The summed E-state index contributed by atoms with van der Waals surface area (Å²) in [6, 6.07) is 5.05. The van der Waals surface area contributed by atoms with E-state index < -0.39 is 12.0 Å². The van der Waals surface area contributed by atoms with E-state index in [1.54, 1.807) is 30.9 Å². The van der Waals surface area contributed by atoms with E-state index in [1.165, 1.54) is 6.07 Å². The summed E-state index contributed by atoms with van der Waals surface area (Å²) in [5.41, 5.74) is 9.94. The number of anilines is 1. The van der Waals surface area contributed by atoms with Crippen molar-refractivity contribution in [2.45, 2.75) is 45.8 Å². The van der Waals surface area contributed by atoms with Crippen molar-refractivity contribution in [3.05, 3.63) is 46.9 Å². The molecule has 0 saturated carbocycles. The molecule has 2 unspecified atom stereocenters. The molecular formula is C23H30FN5O3. The lowest BCUT2D eigenvalue weighted by Gasteiger charge is -2.34. The third-order valence-electron chi connectivity index (χ3n) is 5.96. The summed E-state index contributed by atoms with van der Waals surface area (Å²) in [7, 11) is 0. The maximum Gasteiger partial charge on any atom is 0.219 e. The summed E-state index contributed by atoms with van der Waals surface area (Å²) in [6.45, 7) is 7.53. The van der Waals surface area contributed by atoms with E-state index in [-0.39, 0.29) is 17.6 Å². The Balaban J connectivity index is 1.55. The zero-order chi connectivity index (χ0) is 22.8. The number of aryl methyl sites for hydroxylation is 2. The third kappa shape index (κ3) is 4.78. The first-order chi connectivity index (χ1) is 15.3. The van der Waals surface area contributed by atoms with Crippen LogP contribution in [0.25, 0.3) is 11.3 Å². The highest BCUT2D eigenvalue weighted by atomic mass is 19.1. The molecule has 9 heteroatoms. The van der Waals surface area contributed by atoms with Crippen LogP contribution in [0, 0.1) is 19.7 Å². The van der Waals surface area contributed by atoms with Crippen molar-refractivity contribution in [2.24, 2.45) is 5.73 Å². The Hall–Kier alpha value is -2.91. The van der Waals surface area contributed by atoms with E-state index in [0.29, 0.717) is 49.0 Å². The number of hydrogen-bond acceptors (Lipinski definition) is 7. The molecule has 4 N–H and O–H groups in total. The molecule has 0 radical (unpaired) electrons. The second kappa shape index (κ2) is 9.30. The Labute approximate surface area is 187 Å². The van der Waals surface area contributed by atoms with Crippen molar-refractivity contribution < 1.29 is 18.3 Å². The van der Waals surface area contributed by atoms with Crippen LogP contribution < -0.4 is 16.4 Å². The zero-order valence-electron chi connectivity index (χ0n) is 18.7. The van der Waals surface area contributed by atoms with Crippen molar-refractivity contribution in [3.63, 3.8) is 0 Å². The summed E-state index contributed by atoms with van der Waals surface area (Å²) in [4.78, 5) is 18.0. The van der Waals surface area contributed by atoms with E-state index in [1.807, 2.05) is 6.92 Å². The van der Waals surface area contributed by atoms with E-state index in [2.05, 4.69) is 15.6 Å². The van der Waals surface area contributed by atoms with Gasteiger partial charge in [-0.05, 0) is 31.5 Å². The van der Waals surface area contributed by atoms with Crippen molar-refractivity contribution in [1.29, 1.82) is 0 Å². The molecule has 172 valence electrons. The molecule has 2 atom stereocenters. The van der Waals surface area contributed by atoms with Crippen LogP contribution in [0.15, 0.2) is 33.9 Å². The number of amides is 1. The number of nitrogens with one attached hydrogen (secondary N) is 2. The topological polar surface area (TPSA) is 106 Å². The number of ether oxygens (including phenoxy) is 1. The van der Waals surface area contributed by atoms with Gasteiger partial charge in [-0.25, -0.2) is 9.37 Å². The molecule has 3 heterocycles. The zero-order valence-corrected chi connectivity index (χ0v) is 18.7. The molecule has 1 fully saturated rings. The number of nitrogens with zero attached hydrogens (tertiary/aromatic N) is 2. The van der Waals surface area contributed by atoms with Crippen LogP contribution >= 0.6 is 0 Å². The molecule has 1 amide bonds. The van der Waals surface area contributed by atoms with Crippen LogP contribution in [-0.2, 0) is 9.53 Å². The molecule has 0 bridgehead atoms. The maximum absolute atomic E-state index is 14.9. The molecule has 8 nitrogen and oxygen atoms in total. The fourth-order valence-corrected chi connectivity index (χ4v) is 4.23. The van der Waals surface area contributed by atoms with Gasteiger partial charge in [-0.2, -0.15) is 0 Å². The van der Waals surface area contributed by atoms with Crippen molar-refractivity contribution in [2.75, 3.05) is 31.6 Å². The molecule has 0 spiro atoms. The number of nitrogens with two attached hydrogens (primary N) is 1. The van der Waals surface area contributed by atoms with Gasteiger partial charge in [0.2, 0.25) is 5.91 Å². The molecule has 1 aromatic carbocycles. The number of carbonyl (C=O) groups excluding carboxylic acids is 1. The van der Waals surface area contributed by atoms with Crippen LogP contribution in [0.5, 0.6) is 0 Å². The fraction of sp³-hybridized carbons (Fsp3) is 0.478. The SMILES string of the molecule is CC(=O)N1CCC(NC2CCOC2)=C(C(N)Nc2ccc(-c3oc(C)nc3C)cc2F)C1. The molecule has 4 rings (SSSR count). The normalized spacial score (nSPS) is 19.9. The van der Waals surface area contributed by atoms with Crippen molar-refractivity contribution >= 4 is 11.6 Å². The van der Waals surface area contributed by atoms with E-state index in [9.17, 15) is 9.18 Å². The fourth-order valence-electron chi connectivity index (χ4n) is 4.23. The third-order valence-corrected chi connectivity index (χ3v) is 5.96. The molecule has 0 aliphatic carbocycles. The van der Waals surface area contributed by atoms with Gasteiger partial charge in [-0.3, -0.25) is 4.79 Å². The van der Waals surface area contributed by atoms with E-state index in [4.69, 9.17) is 14.9 Å². The lowest BCUT2D eigenvalue weighted by Crippen LogP contribution is -2.46. The summed E-state index contributed by atoms with van der Waals surface area (Å²) in [6.07, 6.45) is 0.940. The summed E-state index contributed by atoms with van der Waals surface area (Å²) < 4.78 is 26.0. The number of oxazole rings is 1. The molecule has 1 saturated heterocycles. The number of rotatable bonds is 6. The smallest absolute Gasteiger partial charge is 0.219 e. The van der Waals surface area contributed by atoms with Gasteiger partial charge in [-0.15, -0.1) is 0 Å². The first-order valence-electron chi connectivity index (χ1n) is 10.9. The minimum absolute atomic E-state index is 0.00814. The predicted molar refractivity (Wildman–Crippen MR) is 119 cm³/mol. The van der Waals surface area contributed by atoms with E-state index >= 15 is 0 Å². The predicted octanol–water partition coefficient (Wildman–Crippen LogP) is 2.68. The standard InChI is InChI=1S/C23H30FN5O3/c1-13-22(32-14(2)26-13)16-4-5-21(19(24)10-16)28-23(25)18-11-29(15(3)30)8-6-20(18)27-17-7-9-31-12-17/h4-5,10,17,23,27-28H,6-9,11-12,25H2,1-3H3. The number of halogens is 1. The largest absolute Gasteiger partial charge is 0.441 e. The molecule has 2 aromatic rings.